The van der Waals surface area contributed by atoms with E-state index >= 15 is 0 Å². The zero-order valence-corrected chi connectivity index (χ0v) is 8.00. The highest BCUT2D eigenvalue weighted by molar-refractivity contribution is 5.65. The summed E-state index contributed by atoms with van der Waals surface area (Å²) in [4.78, 5) is 13.6. The number of fused-ring (bicyclic) bond motifs is 1. The highest BCUT2D eigenvalue weighted by Gasteiger charge is 2.11. The average molecular weight is 202 g/mol. The highest BCUT2D eigenvalue weighted by Crippen LogP contribution is 2.26. The van der Waals surface area contributed by atoms with Gasteiger partial charge in [0, 0.05) is 17.8 Å². The first kappa shape index (κ1) is 8.28. The van der Waals surface area contributed by atoms with Crippen molar-refractivity contribution in [1.82, 2.24) is 15.2 Å². The molecule has 0 radical (unpaired) electrons. The topological polar surface area (TPSA) is 73.6 Å². The van der Waals surface area contributed by atoms with Crippen molar-refractivity contribution in [2.45, 2.75) is 6.42 Å². The maximum Gasteiger partial charge on any atom is 0.340 e. The zero-order chi connectivity index (χ0) is 10.3. The van der Waals surface area contributed by atoms with E-state index in [9.17, 15) is 4.79 Å². The van der Waals surface area contributed by atoms with Gasteiger partial charge in [-0.3, -0.25) is 4.98 Å². The van der Waals surface area contributed by atoms with Gasteiger partial charge in [-0.05, 0) is 30.2 Å². The number of hydrogen-bond acceptors (Lipinski definition) is 3. The molecule has 1 aliphatic heterocycles. The van der Waals surface area contributed by atoms with Crippen LogP contribution in [0.1, 0.15) is 5.56 Å². The highest BCUT2D eigenvalue weighted by atomic mass is 16.1. The van der Waals surface area contributed by atoms with Gasteiger partial charge in [0.1, 0.15) is 0 Å². The minimum atomic E-state index is -0.274. The number of nitrogens with one attached hydrogen (secondary N) is 3. The van der Waals surface area contributed by atoms with Crippen LogP contribution >= 0.6 is 0 Å². The zero-order valence-electron chi connectivity index (χ0n) is 8.00. The molecule has 0 fully saturated rings. The molecule has 0 saturated heterocycles. The van der Waals surface area contributed by atoms with Crippen molar-refractivity contribution in [2.24, 2.45) is 0 Å². The number of rotatable bonds is 1. The van der Waals surface area contributed by atoms with E-state index in [1.807, 2.05) is 12.1 Å². The Hall–Kier alpha value is -2.04. The smallest absolute Gasteiger partial charge is 0.340 e. The molecule has 0 saturated carbocycles. The molecule has 0 bridgehead atoms. The van der Waals surface area contributed by atoms with E-state index in [4.69, 9.17) is 0 Å². The molecule has 5 nitrogen and oxygen atoms in total. The molecule has 0 atom stereocenters. The largest absolute Gasteiger partial charge is 0.384 e. The van der Waals surface area contributed by atoms with Crippen molar-refractivity contribution in [3.05, 3.63) is 34.2 Å². The van der Waals surface area contributed by atoms with Gasteiger partial charge in [0.15, 0.2) is 5.82 Å². The van der Waals surface area contributed by atoms with Gasteiger partial charge in [-0.2, -0.15) is 5.10 Å². The molecule has 15 heavy (non-hydrogen) atoms. The molecule has 0 spiro atoms. The van der Waals surface area contributed by atoms with Crippen LogP contribution in [0.25, 0.3) is 11.4 Å². The minimum Gasteiger partial charge on any atom is -0.384 e. The maximum atomic E-state index is 10.9. The molecule has 0 unspecified atom stereocenters. The van der Waals surface area contributed by atoms with E-state index in [0.29, 0.717) is 5.82 Å². The quantitative estimate of drug-likeness (QED) is 0.638. The second-order valence-electron chi connectivity index (χ2n) is 3.58. The molecule has 3 N–H and O–H groups in total. The van der Waals surface area contributed by atoms with Crippen LogP contribution in [0.2, 0.25) is 0 Å². The average Bonchev–Trinajstić information content (AvgIpc) is 2.84. The number of nitrogens with zero attached hydrogens (tertiary/aromatic N) is 1. The Balaban J connectivity index is 2.10. The predicted molar refractivity (Wildman–Crippen MR) is 56.8 cm³/mol. The molecule has 5 heteroatoms. The van der Waals surface area contributed by atoms with Crippen LogP contribution in [0.15, 0.2) is 23.0 Å². The number of aromatic amines is 2. The number of H-pyrrole nitrogens is 2. The maximum absolute atomic E-state index is 10.9. The van der Waals surface area contributed by atoms with Gasteiger partial charge in [0.25, 0.3) is 0 Å². The van der Waals surface area contributed by atoms with Crippen LogP contribution in [0.4, 0.5) is 5.69 Å². The molecule has 1 aromatic heterocycles. The summed E-state index contributed by atoms with van der Waals surface area (Å²) >= 11 is 0. The van der Waals surface area contributed by atoms with Gasteiger partial charge in [0.2, 0.25) is 0 Å². The second-order valence-corrected chi connectivity index (χ2v) is 3.58. The lowest BCUT2D eigenvalue weighted by Gasteiger charge is -2.01. The lowest BCUT2D eigenvalue weighted by Crippen LogP contribution is -2.00. The van der Waals surface area contributed by atoms with Crippen LogP contribution in [-0.2, 0) is 6.42 Å². The fourth-order valence-electron chi connectivity index (χ4n) is 1.86. The summed E-state index contributed by atoms with van der Waals surface area (Å²) in [5.74, 6) is 0.592. The third-order valence-electron chi connectivity index (χ3n) is 2.59. The number of anilines is 1. The third-order valence-corrected chi connectivity index (χ3v) is 2.59. The summed E-state index contributed by atoms with van der Waals surface area (Å²) in [5, 5.41) is 9.54. The summed E-state index contributed by atoms with van der Waals surface area (Å²) < 4.78 is 0. The molecule has 1 aromatic carbocycles. The molecule has 0 aliphatic carbocycles. The van der Waals surface area contributed by atoms with Crippen molar-refractivity contribution in [3.63, 3.8) is 0 Å². The van der Waals surface area contributed by atoms with E-state index < -0.39 is 0 Å². The first-order valence-corrected chi connectivity index (χ1v) is 4.85. The normalized spacial score (nSPS) is 13.6. The van der Waals surface area contributed by atoms with Crippen LogP contribution in [0, 0.1) is 0 Å². The molecule has 76 valence electrons. The molecule has 0 amide bonds. The second kappa shape index (κ2) is 2.98. The minimum absolute atomic E-state index is 0.274. The van der Waals surface area contributed by atoms with Crippen molar-refractivity contribution < 1.29 is 0 Å². The van der Waals surface area contributed by atoms with E-state index in [0.717, 1.165) is 18.5 Å². The number of aromatic nitrogens is 3. The standard InChI is InChI=1S/C10H10N4O/c15-10-12-9(13-14-10)7-1-2-8-6(5-7)3-4-11-8/h1-2,5,11H,3-4H2,(H2,12,13,14,15). The van der Waals surface area contributed by atoms with Crippen LogP contribution in [-0.4, -0.2) is 21.7 Å². The van der Waals surface area contributed by atoms with Crippen molar-refractivity contribution in [2.75, 3.05) is 11.9 Å². The Bertz CT molecular complexity index is 555. The van der Waals surface area contributed by atoms with Gasteiger partial charge in [0.05, 0.1) is 0 Å². The van der Waals surface area contributed by atoms with Gasteiger partial charge >= 0.3 is 5.69 Å². The Morgan fingerprint density at radius 2 is 2.27 bits per heavy atom. The van der Waals surface area contributed by atoms with Crippen molar-refractivity contribution >= 4 is 5.69 Å². The number of hydrogen-bond donors (Lipinski definition) is 3. The number of benzene rings is 1. The van der Waals surface area contributed by atoms with E-state index in [2.05, 4.69) is 26.6 Å². The summed E-state index contributed by atoms with van der Waals surface area (Å²) in [7, 11) is 0. The van der Waals surface area contributed by atoms with Crippen molar-refractivity contribution in [3.8, 4) is 11.4 Å². The Morgan fingerprint density at radius 3 is 3.07 bits per heavy atom. The third kappa shape index (κ3) is 1.32. The molecule has 2 heterocycles. The summed E-state index contributed by atoms with van der Waals surface area (Å²) in [6, 6.07) is 6.02. The Kier molecular flexibility index (Phi) is 1.65. The van der Waals surface area contributed by atoms with E-state index in [1.165, 1.54) is 11.3 Å². The van der Waals surface area contributed by atoms with Gasteiger partial charge in [-0.1, -0.05) is 0 Å². The first-order valence-electron chi connectivity index (χ1n) is 4.85. The Morgan fingerprint density at radius 1 is 1.33 bits per heavy atom. The van der Waals surface area contributed by atoms with E-state index in [-0.39, 0.29) is 5.69 Å². The predicted octanol–water partition coefficient (Wildman–Crippen LogP) is 0.733. The summed E-state index contributed by atoms with van der Waals surface area (Å²) in [6.07, 6.45) is 1.03. The fourth-order valence-corrected chi connectivity index (χ4v) is 1.86. The molecular formula is C10H10N4O. The first-order chi connectivity index (χ1) is 7.33. The Labute approximate surface area is 85.5 Å². The monoisotopic (exact) mass is 202 g/mol. The van der Waals surface area contributed by atoms with Crippen LogP contribution in [0.3, 0.4) is 0 Å². The molecule has 1 aliphatic rings. The summed E-state index contributed by atoms with van der Waals surface area (Å²) in [5.41, 5.74) is 3.12. The fraction of sp³-hybridized carbons (Fsp3) is 0.200. The molecule has 3 rings (SSSR count). The van der Waals surface area contributed by atoms with Crippen molar-refractivity contribution in [1.29, 1.82) is 0 Å². The molecule has 2 aromatic rings. The van der Waals surface area contributed by atoms with E-state index in [1.54, 1.807) is 0 Å². The summed E-state index contributed by atoms with van der Waals surface area (Å²) in [6.45, 7) is 0.982. The van der Waals surface area contributed by atoms with Gasteiger partial charge in [-0.25, -0.2) is 9.89 Å². The van der Waals surface area contributed by atoms with Crippen LogP contribution in [0.5, 0.6) is 0 Å². The lowest BCUT2D eigenvalue weighted by molar-refractivity contribution is 1.05. The molecular weight excluding hydrogens is 192 g/mol. The SMILES string of the molecule is O=c1[nH]nc(-c2ccc3c(c2)CCN3)[nH]1. The lowest BCUT2D eigenvalue weighted by atomic mass is 10.1. The van der Waals surface area contributed by atoms with Gasteiger partial charge < -0.3 is 5.32 Å². The van der Waals surface area contributed by atoms with Crippen LogP contribution < -0.4 is 11.0 Å². The van der Waals surface area contributed by atoms with Gasteiger partial charge in [-0.15, -0.1) is 0 Å².